The largest absolute Gasteiger partial charge is 0.508 e. The second-order valence-electron chi connectivity index (χ2n) is 5.15. The number of rotatable bonds is 2. The van der Waals surface area contributed by atoms with Crippen molar-refractivity contribution in [2.45, 2.75) is 13.0 Å². The number of anilines is 1. The van der Waals surface area contributed by atoms with E-state index in [1.807, 2.05) is 25.1 Å². The fraction of sp³-hybridized carbons (Fsp3) is 0.118. The predicted octanol–water partition coefficient (Wildman–Crippen LogP) is 3.34. The Bertz CT molecular complexity index is 732. The number of aryl methyl sites for hydroxylation is 1. The summed E-state index contributed by atoms with van der Waals surface area (Å²) in [4.78, 5) is 11.5. The van der Waals surface area contributed by atoms with Crippen LogP contribution in [0.4, 0.5) is 5.69 Å². The Morgan fingerprint density at radius 2 is 1.86 bits per heavy atom. The molecule has 2 aromatic rings. The number of carboxylic acid groups (broad SMARTS) is 1. The summed E-state index contributed by atoms with van der Waals surface area (Å²) in [7, 11) is 0. The lowest BCUT2D eigenvalue weighted by atomic mass is 9.92. The van der Waals surface area contributed by atoms with E-state index >= 15 is 0 Å². The van der Waals surface area contributed by atoms with Crippen molar-refractivity contribution in [3.05, 3.63) is 65.2 Å². The van der Waals surface area contributed by atoms with Gasteiger partial charge in [0.2, 0.25) is 0 Å². The van der Waals surface area contributed by atoms with Crippen molar-refractivity contribution in [2.75, 3.05) is 5.32 Å². The molecule has 3 N–H and O–H groups in total. The topological polar surface area (TPSA) is 69.6 Å². The summed E-state index contributed by atoms with van der Waals surface area (Å²) >= 11 is 0. The molecule has 0 amide bonds. The zero-order valence-corrected chi connectivity index (χ0v) is 11.5. The summed E-state index contributed by atoms with van der Waals surface area (Å²) in [6.07, 6.45) is 1.70. The van der Waals surface area contributed by atoms with Crippen LogP contribution in [0.1, 0.15) is 22.7 Å². The van der Waals surface area contributed by atoms with Crippen LogP contribution < -0.4 is 5.32 Å². The molecule has 4 heteroatoms. The molecule has 4 nitrogen and oxygen atoms in total. The highest BCUT2D eigenvalue weighted by molar-refractivity contribution is 6.18. The van der Waals surface area contributed by atoms with E-state index in [0.717, 1.165) is 16.8 Å². The Balaban J connectivity index is 2.07. The third-order valence-electron chi connectivity index (χ3n) is 3.59. The fourth-order valence-corrected chi connectivity index (χ4v) is 2.52. The highest BCUT2D eigenvalue weighted by Crippen LogP contribution is 2.36. The summed E-state index contributed by atoms with van der Waals surface area (Å²) in [5.41, 5.74) is 3.73. The lowest BCUT2D eigenvalue weighted by Crippen LogP contribution is -2.17. The third kappa shape index (κ3) is 2.48. The van der Waals surface area contributed by atoms with Crippen molar-refractivity contribution < 1.29 is 15.0 Å². The van der Waals surface area contributed by atoms with Crippen molar-refractivity contribution in [2.24, 2.45) is 0 Å². The van der Waals surface area contributed by atoms with Crippen LogP contribution in [0.3, 0.4) is 0 Å². The van der Waals surface area contributed by atoms with Gasteiger partial charge in [0.1, 0.15) is 5.75 Å². The third-order valence-corrected chi connectivity index (χ3v) is 3.59. The van der Waals surface area contributed by atoms with Gasteiger partial charge in [-0.25, -0.2) is 4.79 Å². The molecule has 1 unspecified atom stereocenters. The van der Waals surface area contributed by atoms with E-state index in [2.05, 4.69) is 5.32 Å². The van der Waals surface area contributed by atoms with E-state index in [9.17, 15) is 15.0 Å². The van der Waals surface area contributed by atoms with Gasteiger partial charge in [-0.05, 0) is 42.8 Å². The van der Waals surface area contributed by atoms with Gasteiger partial charge in [0.25, 0.3) is 0 Å². The molecule has 21 heavy (non-hydrogen) atoms. The Hall–Kier alpha value is -2.75. The maximum absolute atomic E-state index is 11.5. The van der Waals surface area contributed by atoms with Gasteiger partial charge in [0, 0.05) is 11.3 Å². The van der Waals surface area contributed by atoms with Gasteiger partial charge < -0.3 is 15.5 Å². The second-order valence-corrected chi connectivity index (χ2v) is 5.15. The van der Waals surface area contributed by atoms with Gasteiger partial charge in [-0.2, -0.15) is 0 Å². The van der Waals surface area contributed by atoms with Crippen molar-refractivity contribution >= 4 is 17.2 Å². The number of carboxylic acids is 1. The summed E-state index contributed by atoms with van der Waals surface area (Å²) in [6, 6.07) is 12.2. The van der Waals surface area contributed by atoms with Crippen molar-refractivity contribution in [1.82, 2.24) is 0 Å². The van der Waals surface area contributed by atoms with E-state index in [0.29, 0.717) is 11.1 Å². The van der Waals surface area contributed by atoms with Gasteiger partial charge in [-0.15, -0.1) is 0 Å². The monoisotopic (exact) mass is 281 g/mol. The minimum atomic E-state index is -0.938. The van der Waals surface area contributed by atoms with Crippen LogP contribution in [0.25, 0.3) is 5.57 Å². The Labute approximate surface area is 122 Å². The van der Waals surface area contributed by atoms with Crippen LogP contribution in [-0.4, -0.2) is 16.2 Å². The molecule has 0 radical (unpaired) electrons. The van der Waals surface area contributed by atoms with Gasteiger partial charge in [0.05, 0.1) is 11.6 Å². The first kappa shape index (κ1) is 13.2. The summed E-state index contributed by atoms with van der Waals surface area (Å²) in [5.74, 6) is -0.750. The maximum Gasteiger partial charge on any atom is 0.336 e. The number of benzene rings is 2. The van der Waals surface area contributed by atoms with Gasteiger partial charge in [0.15, 0.2) is 0 Å². The summed E-state index contributed by atoms with van der Waals surface area (Å²) in [6.45, 7) is 1.94. The first-order chi connectivity index (χ1) is 10.0. The molecule has 2 aromatic carbocycles. The van der Waals surface area contributed by atoms with Gasteiger partial charge >= 0.3 is 5.97 Å². The zero-order valence-electron chi connectivity index (χ0n) is 11.5. The van der Waals surface area contributed by atoms with Crippen LogP contribution in [0.15, 0.2) is 48.5 Å². The summed E-state index contributed by atoms with van der Waals surface area (Å²) < 4.78 is 0. The van der Waals surface area contributed by atoms with E-state index < -0.39 is 5.97 Å². The smallest absolute Gasteiger partial charge is 0.336 e. The molecule has 1 heterocycles. The maximum atomic E-state index is 11.5. The number of hydrogen-bond acceptors (Lipinski definition) is 3. The lowest BCUT2D eigenvalue weighted by molar-refractivity contribution is -0.130. The van der Waals surface area contributed by atoms with Gasteiger partial charge in [-0.3, -0.25) is 0 Å². The number of carbonyl (C=O) groups is 1. The SMILES string of the molecule is Cc1ccc2c(c1)C(C(=O)O)=CC(c1ccc(O)cc1)N2. The molecule has 0 spiro atoms. The standard InChI is InChI=1S/C17H15NO3/c1-10-2-7-15-13(8-10)14(17(20)21)9-16(18-15)11-3-5-12(19)6-4-11/h2-9,16,18-19H,1H3,(H,20,21). The number of hydrogen-bond donors (Lipinski definition) is 3. The molecule has 0 aliphatic carbocycles. The van der Waals surface area contributed by atoms with E-state index in [-0.39, 0.29) is 11.8 Å². The van der Waals surface area contributed by atoms with Crippen LogP contribution in [0, 0.1) is 6.92 Å². The summed E-state index contributed by atoms with van der Waals surface area (Å²) in [5, 5.41) is 22.1. The molecule has 1 atom stereocenters. The van der Waals surface area contributed by atoms with Crippen molar-refractivity contribution in [3.8, 4) is 5.75 Å². The molecule has 1 aliphatic rings. The number of phenols is 1. The molecular formula is C17H15NO3. The highest BCUT2D eigenvalue weighted by atomic mass is 16.4. The first-order valence-electron chi connectivity index (χ1n) is 6.66. The molecule has 1 aliphatic heterocycles. The molecule has 0 aromatic heterocycles. The minimum Gasteiger partial charge on any atom is -0.508 e. The molecular weight excluding hydrogens is 266 g/mol. The van der Waals surface area contributed by atoms with Gasteiger partial charge in [-0.1, -0.05) is 23.8 Å². The number of nitrogens with one attached hydrogen (secondary N) is 1. The first-order valence-corrected chi connectivity index (χ1v) is 6.66. The molecule has 0 fully saturated rings. The molecule has 0 saturated carbocycles. The Morgan fingerprint density at radius 1 is 1.14 bits per heavy atom. The lowest BCUT2D eigenvalue weighted by Gasteiger charge is -2.25. The number of fused-ring (bicyclic) bond motifs is 1. The van der Waals surface area contributed by atoms with E-state index in [4.69, 9.17) is 0 Å². The van der Waals surface area contributed by atoms with Crippen LogP contribution in [0.5, 0.6) is 5.75 Å². The quantitative estimate of drug-likeness (QED) is 0.789. The molecule has 106 valence electrons. The normalized spacial score (nSPS) is 16.6. The molecule has 0 bridgehead atoms. The number of aliphatic carboxylic acids is 1. The predicted molar refractivity (Wildman–Crippen MR) is 81.3 cm³/mol. The van der Waals surface area contributed by atoms with E-state index in [1.54, 1.807) is 30.3 Å². The average Bonchev–Trinajstić information content (AvgIpc) is 2.46. The minimum absolute atomic E-state index is 0.188. The fourth-order valence-electron chi connectivity index (χ4n) is 2.52. The number of aromatic hydroxyl groups is 1. The van der Waals surface area contributed by atoms with Crippen LogP contribution in [0.2, 0.25) is 0 Å². The molecule has 0 saturated heterocycles. The van der Waals surface area contributed by atoms with Crippen molar-refractivity contribution in [3.63, 3.8) is 0 Å². The zero-order chi connectivity index (χ0) is 15.0. The van der Waals surface area contributed by atoms with Crippen molar-refractivity contribution in [1.29, 1.82) is 0 Å². The van der Waals surface area contributed by atoms with Crippen LogP contribution >= 0.6 is 0 Å². The Kier molecular flexibility index (Phi) is 3.14. The van der Waals surface area contributed by atoms with E-state index in [1.165, 1.54) is 0 Å². The number of phenolic OH excluding ortho intramolecular Hbond substituents is 1. The second kappa shape index (κ2) is 4.98. The highest BCUT2D eigenvalue weighted by Gasteiger charge is 2.23. The Morgan fingerprint density at radius 3 is 2.52 bits per heavy atom. The van der Waals surface area contributed by atoms with Crippen LogP contribution in [-0.2, 0) is 4.79 Å². The molecule has 3 rings (SSSR count). The average molecular weight is 281 g/mol.